The largest absolute Gasteiger partial charge is 0.370 e. The molecule has 0 aliphatic rings. The number of aliphatic imine (C=N–C) groups is 1. The fourth-order valence-corrected chi connectivity index (χ4v) is 1.09. The van der Waals surface area contributed by atoms with Crippen molar-refractivity contribution in [3.8, 4) is 0 Å². The lowest BCUT2D eigenvalue weighted by Crippen LogP contribution is -2.32. The lowest BCUT2D eigenvalue weighted by atomic mass is 10.2. The Labute approximate surface area is 94.9 Å². The first kappa shape index (κ1) is 12.2. The van der Waals surface area contributed by atoms with Crippen LogP contribution < -0.4 is 11.1 Å². The van der Waals surface area contributed by atoms with Crippen LogP contribution >= 0.6 is 0 Å². The van der Waals surface area contributed by atoms with Gasteiger partial charge >= 0.3 is 0 Å². The molecule has 0 spiro atoms. The number of guanidine groups is 1. The Balaban J connectivity index is 2.52. The lowest BCUT2D eigenvalue weighted by Gasteiger charge is -2.05. The van der Waals surface area contributed by atoms with Crippen LogP contribution in [0, 0.1) is 5.82 Å². The number of nitrogens with one attached hydrogen (secondary N) is 1. The molecule has 0 unspecified atom stereocenters. The Morgan fingerprint density at radius 3 is 2.81 bits per heavy atom. The molecule has 0 saturated heterocycles. The predicted molar refractivity (Wildman–Crippen MR) is 64.5 cm³/mol. The fourth-order valence-electron chi connectivity index (χ4n) is 1.09. The zero-order valence-electron chi connectivity index (χ0n) is 9.33. The van der Waals surface area contributed by atoms with Crippen molar-refractivity contribution in [3.63, 3.8) is 0 Å². The minimum atomic E-state index is -0.265. The summed E-state index contributed by atoms with van der Waals surface area (Å²) in [6, 6.07) is 6.50. The monoisotopic (exact) mass is 221 g/mol. The molecule has 0 aliphatic carbocycles. The molecule has 0 aromatic heterocycles. The summed E-state index contributed by atoms with van der Waals surface area (Å²) in [4.78, 5) is 4.03. The smallest absolute Gasteiger partial charge is 0.189 e. The van der Waals surface area contributed by atoms with E-state index in [9.17, 15) is 4.39 Å². The minimum Gasteiger partial charge on any atom is -0.370 e. The molecule has 0 heterocycles. The van der Waals surface area contributed by atoms with Crippen LogP contribution in [0.25, 0.3) is 0 Å². The summed E-state index contributed by atoms with van der Waals surface area (Å²) in [5.74, 6) is 0.0326. The molecule has 0 bridgehead atoms. The Hall–Kier alpha value is -1.84. The van der Waals surface area contributed by atoms with Gasteiger partial charge in [-0.3, -0.25) is 0 Å². The van der Waals surface area contributed by atoms with E-state index in [1.54, 1.807) is 18.2 Å². The zero-order chi connectivity index (χ0) is 12.0. The standard InChI is InChI=1S/C12H16FN3/c1-9(2)7-15-12(14)16-8-10-5-3-4-6-11(10)13/h3-6H,1,7-8H2,2H3,(H3,14,15,16). The molecule has 86 valence electrons. The van der Waals surface area contributed by atoms with Crippen LogP contribution in [0.4, 0.5) is 4.39 Å². The summed E-state index contributed by atoms with van der Waals surface area (Å²) >= 11 is 0. The third kappa shape index (κ3) is 4.13. The van der Waals surface area contributed by atoms with Crippen molar-refractivity contribution in [2.75, 3.05) is 6.54 Å². The maximum absolute atomic E-state index is 13.2. The molecule has 3 N–H and O–H groups in total. The van der Waals surface area contributed by atoms with Gasteiger partial charge in [-0.25, -0.2) is 9.38 Å². The van der Waals surface area contributed by atoms with Gasteiger partial charge in [-0.05, 0) is 13.0 Å². The van der Waals surface area contributed by atoms with Gasteiger partial charge in [0.05, 0.1) is 6.54 Å². The molecule has 16 heavy (non-hydrogen) atoms. The fraction of sp³-hybridized carbons (Fsp3) is 0.250. The second-order valence-corrected chi connectivity index (χ2v) is 3.60. The highest BCUT2D eigenvalue weighted by atomic mass is 19.1. The first-order chi connectivity index (χ1) is 7.59. The molecule has 0 fully saturated rings. The number of nitrogens with zero attached hydrogens (tertiary/aromatic N) is 1. The molecule has 0 aliphatic heterocycles. The molecule has 0 saturated carbocycles. The van der Waals surface area contributed by atoms with Gasteiger partial charge in [0, 0.05) is 12.1 Å². The number of hydrogen-bond acceptors (Lipinski definition) is 1. The summed E-state index contributed by atoms with van der Waals surface area (Å²) in [6.45, 7) is 6.43. The Morgan fingerprint density at radius 2 is 2.19 bits per heavy atom. The highest BCUT2D eigenvalue weighted by Crippen LogP contribution is 2.06. The second kappa shape index (κ2) is 5.90. The summed E-state index contributed by atoms with van der Waals surface area (Å²) < 4.78 is 13.2. The Morgan fingerprint density at radius 1 is 1.50 bits per heavy atom. The third-order valence-electron chi connectivity index (χ3n) is 1.95. The quantitative estimate of drug-likeness (QED) is 0.463. The van der Waals surface area contributed by atoms with Crippen LogP contribution in [0.2, 0.25) is 0 Å². The maximum atomic E-state index is 13.2. The highest BCUT2D eigenvalue weighted by molar-refractivity contribution is 5.78. The molecular weight excluding hydrogens is 205 g/mol. The molecule has 1 rings (SSSR count). The summed E-state index contributed by atoms with van der Waals surface area (Å²) in [5, 5.41) is 2.88. The van der Waals surface area contributed by atoms with E-state index in [0.717, 1.165) is 5.57 Å². The van der Waals surface area contributed by atoms with E-state index in [-0.39, 0.29) is 12.4 Å². The van der Waals surface area contributed by atoms with Crippen molar-refractivity contribution in [1.82, 2.24) is 5.32 Å². The van der Waals surface area contributed by atoms with Crippen molar-refractivity contribution < 1.29 is 4.39 Å². The van der Waals surface area contributed by atoms with Gasteiger partial charge in [0.25, 0.3) is 0 Å². The van der Waals surface area contributed by atoms with E-state index >= 15 is 0 Å². The van der Waals surface area contributed by atoms with Crippen LogP contribution in [0.1, 0.15) is 12.5 Å². The normalized spacial score (nSPS) is 11.2. The molecule has 0 amide bonds. The minimum absolute atomic E-state index is 0.238. The molecule has 4 heteroatoms. The summed E-state index contributed by atoms with van der Waals surface area (Å²) in [5.41, 5.74) is 7.09. The summed E-state index contributed by atoms with van der Waals surface area (Å²) in [7, 11) is 0. The summed E-state index contributed by atoms with van der Waals surface area (Å²) in [6.07, 6.45) is 0. The number of halogens is 1. The van der Waals surface area contributed by atoms with Crippen LogP contribution in [0.15, 0.2) is 41.4 Å². The third-order valence-corrected chi connectivity index (χ3v) is 1.95. The molecule has 1 aromatic carbocycles. The van der Waals surface area contributed by atoms with Gasteiger partial charge in [0.15, 0.2) is 5.96 Å². The average molecular weight is 221 g/mol. The molecule has 0 radical (unpaired) electrons. The highest BCUT2D eigenvalue weighted by Gasteiger charge is 1.99. The van der Waals surface area contributed by atoms with Crippen molar-refractivity contribution in [1.29, 1.82) is 0 Å². The van der Waals surface area contributed by atoms with Gasteiger partial charge in [0.2, 0.25) is 0 Å². The van der Waals surface area contributed by atoms with E-state index in [1.807, 2.05) is 6.92 Å². The van der Waals surface area contributed by atoms with Crippen LogP contribution in [-0.4, -0.2) is 12.5 Å². The SMILES string of the molecule is C=C(C)CNC(N)=NCc1ccccc1F. The number of nitrogens with two attached hydrogens (primary N) is 1. The topological polar surface area (TPSA) is 50.4 Å². The lowest BCUT2D eigenvalue weighted by molar-refractivity contribution is 0.610. The van der Waals surface area contributed by atoms with Crippen molar-refractivity contribution >= 4 is 5.96 Å². The van der Waals surface area contributed by atoms with E-state index in [0.29, 0.717) is 18.1 Å². The van der Waals surface area contributed by atoms with Crippen molar-refractivity contribution in [2.24, 2.45) is 10.7 Å². The molecule has 1 aromatic rings. The van der Waals surface area contributed by atoms with Gasteiger partial charge in [-0.15, -0.1) is 0 Å². The Kier molecular flexibility index (Phi) is 4.51. The van der Waals surface area contributed by atoms with Crippen LogP contribution in [0.5, 0.6) is 0 Å². The van der Waals surface area contributed by atoms with Gasteiger partial charge < -0.3 is 11.1 Å². The molecule has 0 atom stereocenters. The molecule has 3 nitrogen and oxygen atoms in total. The van der Waals surface area contributed by atoms with Crippen LogP contribution in [0.3, 0.4) is 0 Å². The Bertz CT molecular complexity index is 399. The first-order valence-electron chi connectivity index (χ1n) is 5.01. The van der Waals surface area contributed by atoms with Gasteiger partial charge in [0.1, 0.15) is 5.82 Å². The first-order valence-corrected chi connectivity index (χ1v) is 5.01. The maximum Gasteiger partial charge on any atom is 0.189 e. The van der Waals surface area contributed by atoms with Crippen LogP contribution in [-0.2, 0) is 6.54 Å². The van der Waals surface area contributed by atoms with Crippen molar-refractivity contribution in [3.05, 3.63) is 47.8 Å². The van der Waals surface area contributed by atoms with E-state index in [1.165, 1.54) is 6.07 Å². The van der Waals surface area contributed by atoms with E-state index in [4.69, 9.17) is 5.73 Å². The van der Waals surface area contributed by atoms with E-state index in [2.05, 4.69) is 16.9 Å². The zero-order valence-corrected chi connectivity index (χ0v) is 9.33. The predicted octanol–water partition coefficient (Wildman–Crippen LogP) is 1.81. The molecular formula is C12H16FN3. The van der Waals surface area contributed by atoms with Gasteiger partial charge in [-0.1, -0.05) is 30.4 Å². The number of hydrogen-bond donors (Lipinski definition) is 2. The van der Waals surface area contributed by atoms with Crippen molar-refractivity contribution in [2.45, 2.75) is 13.5 Å². The average Bonchev–Trinajstić information content (AvgIpc) is 2.25. The van der Waals surface area contributed by atoms with E-state index < -0.39 is 0 Å². The number of benzene rings is 1. The van der Waals surface area contributed by atoms with Gasteiger partial charge in [-0.2, -0.15) is 0 Å². The number of rotatable bonds is 4. The second-order valence-electron chi connectivity index (χ2n) is 3.60.